The average Bonchev–Trinajstić information content (AvgIpc) is 2.38. The zero-order valence-electron chi connectivity index (χ0n) is 11.2. The van der Waals surface area contributed by atoms with Gasteiger partial charge in [0.15, 0.2) is 0 Å². The number of rotatable bonds is 7. The molecule has 1 aromatic rings. The lowest BCUT2D eigenvalue weighted by Gasteiger charge is -2.12. The van der Waals surface area contributed by atoms with Crippen LogP contribution in [0.1, 0.15) is 12.0 Å². The Labute approximate surface area is 126 Å². The maximum atomic E-state index is 11.8. The third-order valence-electron chi connectivity index (χ3n) is 2.45. The summed E-state index contributed by atoms with van der Waals surface area (Å²) in [6.45, 7) is 1.83. The third kappa shape index (κ3) is 5.30. The van der Waals surface area contributed by atoms with Crippen LogP contribution in [-0.2, 0) is 9.59 Å². The second-order valence-corrected chi connectivity index (χ2v) is 5.56. The van der Waals surface area contributed by atoms with Gasteiger partial charge in [0.1, 0.15) is 5.75 Å². The van der Waals surface area contributed by atoms with E-state index in [1.807, 2.05) is 6.92 Å². The predicted molar refractivity (Wildman–Crippen MR) is 80.9 cm³/mol. The number of carboxylic acid groups (broad SMARTS) is 1. The van der Waals surface area contributed by atoms with Crippen LogP contribution in [0, 0.1) is 6.92 Å². The number of nitrogens with one attached hydrogen (secondary N) is 1. The number of aryl methyl sites for hydroxylation is 1. The zero-order chi connectivity index (χ0) is 15.1. The summed E-state index contributed by atoms with van der Waals surface area (Å²) in [5.41, 5.74) is 1.39. The molecule has 0 saturated carbocycles. The first-order valence-corrected chi connectivity index (χ1v) is 7.41. The quantitative estimate of drug-likeness (QED) is 0.756. The van der Waals surface area contributed by atoms with Gasteiger partial charge in [0, 0.05) is 16.8 Å². The van der Waals surface area contributed by atoms with Crippen molar-refractivity contribution in [3.8, 4) is 5.75 Å². The summed E-state index contributed by atoms with van der Waals surface area (Å²) in [6, 6.07) is 3.38. The number of carbonyl (C=O) groups is 2. The van der Waals surface area contributed by atoms with Gasteiger partial charge in [0.25, 0.3) is 0 Å². The number of thioether (sulfide) groups is 1. The Hall–Kier alpha value is -1.40. The standard InChI is InChI=1S/C13H16ClNO4S/c1-8-5-10(11(19-2)6-9(8)14)15-12(16)7-20-4-3-13(17)18/h5-6H,3-4,7H2,1-2H3,(H,15,16)(H,17,18). The van der Waals surface area contributed by atoms with Crippen molar-refractivity contribution in [1.29, 1.82) is 0 Å². The highest BCUT2D eigenvalue weighted by atomic mass is 35.5. The van der Waals surface area contributed by atoms with Crippen molar-refractivity contribution in [2.24, 2.45) is 0 Å². The third-order valence-corrected chi connectivity index (χ3v) is 3.81. The highest BCUT2D eigenvalue weighted by Gasteiger charge is 2.10. The van der Waals surface area contributed by atoms with Crippen molar-refractivity contribution in [2.75, 3.05) is 23.9 Å². The van der Waals surface area contributed by atoms with Crippen LogP contribution in [0.15, 0.2) is 12.1 Å². The van der Waals surface area contributed by atoms with Gasteiger partial charge < -0.3 is 15.2 Å². The summed E-state index contributed by atoms with van der Waals surface area (Å²) in [5.74, 6) is 0.00951. The van der Waals surface area contributed by atoms with E-state index < -0.39 is 5.97 Å². The van der Waals surface area contributed by atoms with E-state index >= 15 is 0 Å². The fourth-order valence-corrected chi connectivity index (χ4v) is 2.31. The number of anilines is 1. The van der Waals surface area contributed by atoms with Gasteiger partial charge in [-0.2, -0.15) is 11.8 Å². The summed E-state index contributed by atoms with van der Waals surface area (Å²) in [6.07, 6.45) is 0.0430. The molecule has 0 atom stereocenters. The smallest absolute Gasteiger partial charge is 0.304 e. The SMILES string of the molecule is COc1cc(Cl)c(C)cc1NC(=O)CSCCC(=O)O. The van der Waals surface area contributed by atoms with Gasteiger partial charge in [0.05, 0.1) is 25.0 Å². The summed E-state index contributed by atoms with van der Waals surface area (Å²) in [5, 5.41) is 11.8. The number of benzene rings is 1. The maximum Gasteiger partial charge on any atom is 0.304 e. The topological polar surface area (TPSA) is 75.6 Å². The first-order chi connectivity index (χ1) is 9.43. The van der Waals surface area contributed by atoms with Gasteiger partial charge in [-0.25, -0.2) is 0 Å². The summed E-state index contributed by atoms with van der Waals surface area (Å²) in [4.78, 5) is 22.1. The number of hydrogen-bond donors (Lipinski definition) is 2. The Morgan fingerprint density at radius 2 is 2.15 bits per heavy atom. The molecular weight excluding hydrogens is 302 g/mol. The second kappa shape index (κ2) is 8.01. The fourth-order valence-electron chi connectivity index (χ4n) is 1.44. The van der Waals surface area contributed by atoms with Crippen LogP contribution < -0.4 is 10.1 Å². The molecular formula is C13H16ClNO4S. The molecule has 0 saturated heterocycles. The molecule has 0 unspecified atom stereocenters. The lowest BCUT2D eigenvalue weighted by molar-refractivity contribution is -0.136. The molecule has 0 fully saturated rings. The molecule has 7 heteroatoms. The van der Waals surface area contributed by atoms with E-state index in [0.717, 1.165) is 5.56 Å². The fraction of sp³-hybridized carbons (Fsp3) is 0.385. The molecule has 0 aliphatic carbocycles. The molecule has 20 heavy (non-hydrogen) atoms. The monoisotopic (exact) mass is 317 g/mol. The molecule has 1 amide bonds. The number of hydrogen-bond acceptors (Lipinski definition) is 4. The van der Waals surface area contributed by atoms with E-state index in [4.69, 9.17) is 21.4 Å². The largest absolute Gasteiger partial charge is 0.495 e. The van der Waals surface area contributed by atoms with Gasteiger partial charge in [-0.3, -0.25) is 9.59 Å². The van der Waals surface area contributed by atoms with Crippen LogP contribution in [0.3, 0.4) is 0 Å². The molecule has 5 nitrogen and oxygen atoms in total. The van der Waals surface area contributed by atoms with Crippen LogP contribution in [0.2, 0.25) is 5.02 Å². The number of amides is 1. The molecule has 0 aliphatic rings. The molecule has 1 aromatic carbocycles. The van der Waals surface area contributed by atoms with Crippen LogP contribution in [0.4, 0.5) is 5.69 Å². The number of ether oxygens (including phenoxy) is 1. The van der Waals surface area contributed by atoms with Crippen molar-refractivity contribution in [3.63, 3.8) is 0 Å². The molecule has 0 heterocycles. The van der Waals surface area contributed by atoms with Crippen molar-refractivity contribution < 1.29 is 19.4 Å². The second-order valence-electron chi connectivity index (χ2n) is 4.05. The number of carboxylic acids is 1. The molecule has 0 aliphatic heterocycles. The average molecular weight is 318 g/mol. The molecule has 0 radical (unpaired) electrons. The van der Waals surface area contributed by atoms with Gasteiger partial charge in [-0.1, -0.05) is 11.6 Å². The first-order valence-electron chi connectivity index (χ1n) is 5.87. The Balaban J connectivity index is 2.57. The van der Waals surface area contributed by atoms with Gasteiger partial charge in [0.2, 0.25) is 5.91 Å². The predicted octanol–water partition coefficient (Wildman–Crippen LogP) is 2.80. The Morgan fingerprint density at radius 3 is 2.75 bits per heavy atom. The van der Waals surface area contributed by atoms with Crippen molar-refractivity contribution in [3.05, 3.63) is 22.7 Å². The van der Waals surface area contributed by atoms with E-state index in [1.54, 1.807) is 12.1 Å². The Kier molecular flexibility index (Phi) is 6.67. The lowest BCUT2D eigenvalue weighted by atomic mass is 10.2. The molecule has 0 spiro atoms. The molecule has 110 valence electrons. The minimum absolute atomic E-state index is 0.0430. The molecule has 2 N–H and O–H groups in total. The lowest BCUT2D eigenvalue weighted by Crippen LogP contribution is -2.15. The molecule has 0 bridgehead atoms. The van der Waals surface area contributed by atoms with E-state index in [9.17, 15) is 9.59 Å². The number of methoxy groups -OCH3 is 1. The molecule has 1 rings (SSSR count). The van der Waals surface area contributed by atoms with Gasteiger partial charge >= 0.3 is 5.97 Å². The summed E-state index contributed by atoms with van der Waals surface area (Å²) in [7, 11) is 1.50. The highest BCUT2D eigenvalue weighted by molar-refractivity contribution is 7.99. The van der Waals surface area contributed by atoms with Gasteiger partial charge in [-0.15, -0.1) is 0 Å². The van der Waals surface area contributed by atoms with E-state index in [-0.39, 0.29) is 18.1 Å². The van der Waals surface area contributed by atoms with Crippen LogP contribution in [0.25, 0.3) is 0 Å². The van der Waals surface area contributed by atoms with Crippen molar-refractivity contribution in [2.45, 2.75) is 13.3 Å². The number of halogens is 1. The van der Waals surface area contributed by atoms with Crippen molar-refractivity contribution >= 4 is 40.9 Å². The minimum atomic E-state index is -0.868. The number of carbonyl (C=O) groups excluding carboxylic acids is 1. The summed E-state index contributed by atoms with van der Waals surface area (Å²) >= 11 is 7.25. The first kappa shape index (κ1) is 16.7. The summed E-state index contributed by atoms with van der Waals surface area (Å²) < 4.78 is 5.16. The van der Waals surface area contributed by atoms with Crippen molar-refractivity contribution in [1.82, 2.24) is 0 Å². The minimum Gasteiger partial charge on any atom is -0.495 e. The molecule has 0 aromatic heterocycles. The van der Waals surface area contributed by atoms with Crippen LogP contribution >= 0.6 is 23.4 Å². The maximum absolute atomic E-state index is 11.8. The van der Waals surface area contributed by atoms with E-state index in [0.29, 0.717) is 22.2 Å². The normalized spacial score (nSPS) is 10.2. The van der Waals surface area contributed by atoms with E-state index in [1.165, 1.54) is 18.9 Å². The number of aliphatic carboxylic acids is 1. The highest BCUT2D eigenvalue weighted by Crippen LogP contribution is 2.30. The Bertz CT molecular complexity index is 507. The van der Waals surface area contributed by atoms with E-state index in [2.05, 4.69) is 5.32 Å². The van der Waals surface area contributed by atoms with Crippen LogP contribution in [-0.4, -0.2) is 35.6 Å². The van der Waals surface area contributed by atoms with Gasteiger partial charge in [-0.05, 0) is 18.6 Å². The zero-order valence-corrected chi connectivity index (χ0v) is 12.8. The van der Waals surface area contributed by atoms with Crippen LogP contribution in [0.5, 0.6) is 5.75 Å². The Morgan fingerprint density at radius 1 is 1.45 bits per heavy atom.